The van der Waals surface area contributed by atoms with Crippen molar-refractivity contribution in [3.63, 3.8) is 0 Å². The third kappa shape index (κ3) is 6.51. The predicted octanol–water partition coefficient (Wildman–Crippen LogP) is 4.65. The third-order valence-electron chi connectivity index (χ3n) is 5.48. The Hall–Kier alpha value is -3.35. The fourth-order valence-corrected chi connectivity index (χ4v) is 4.30. The molecule has 2 heterocycles. The lowest BCUT2D eigenvalue weighted by Gasteiger charge is -2.27. The third-order valence-corrected chi connectivity index (χ3v) is 6.54. The van der Waals surface area contributed by atoms with Crippen LogP contribution in [0, 0.1) is 6.92 Å². The fraction of sp³-hybridized carbons (Fsp3) is 0.333. The van der Waals surface area contributed by atoms with E-state index in [0.717, 1.165) is 21.3 Å². The second-order valence-corrected chi connectivity index (χ2v) is 9.18. The van der Waals surface area contributed by atoms with Gasteiger partial charge in [0, 0.05) is 28.1 Å². The van der Waals surface area contributed by atoms with Gasteiger partial charge in [-0.15, -0.1) is 0 Å². The zero-order chi connectivity index (χ0) is 26.4. The standard InChI is InChI=1S/C24H27BrClN7O4/c1-14-9-16(25)18(12-17(14)26)28-22-29-23(31-24(30-22)33-5-7-37-8-6-33)32-27-13-15-10-19(34-2)21(36-4)20(11-15)35-3/h9-13H,5-8H2,1-4H3,(H2,28,29,30,31,32)/b27-13+. The maximum Gasteiger partial charge on any atom is 0.250 e. The summed E-state index contributed by atoms with van der Waals surface area (Å²) in [7, 11) is 4.67. The van der Waals surface area contributed by atoms with Gasteiger partial charge in [-0.25, -0.2) is 5.43 Å². The Kier molecular flexibility index (Phi) is 8.85. The Morgan fingerprint density at radius 2 is 1.68 bits per heavy atom. The largest absolute Gasteiger partial charge is 0.493 e. The topological polar surface area (TPSA) is 115 Å². The first kappa shape index (κ1) is 26.7. The lowest BCUT2D eigenvalue weighted by molar-refractivity contribution is 0.122. The molecule has 0 aliphatic carbocycles. The second kappa shape index (κ2) is 12.3. The van der Waals surface area contributed by atoms with E-state index < -0.39 is 0 Å². The molecule has 0 radical (unpaired) electrons. The van der Waals surface area contributed by atoms with Gasteiger partial charge in [-0.2, -0.15) is 20.1 Å². The molecule has 13 heteroatoms. The van der Waals surface area contributed by atoms with Gasteiger partial charge in [0.1, 0.15) is 0 Å². The van der Waals surface area contributed by atoms with Crippen LogP contribution in [0.3, 0.4) is 0 Å². The summed E-state index contributed by atoms with van der Waals surface area (Å²) >= 11 is 9.90. The highest BCUT2D eigenvalue weighted by Gasteiger charge is 2.18. The van der Waals surface area contributed by atoms with Crippen LogP contribution in [-0.4, -0.2) is 68.8 Å². The molecule has 2 aromatic carbocycles. The van der Waals surface area contributed by atoms with Gasteiger partial charge in [-0.05, 0) is 52.7 Å². The molecule has 0 atom stereocenters. The van der Waals surface area contributed by atoms with Crippen molar-refractivity contribution in [2.75, 3.05) is 63.3 Å². The minimum absolute atomic E-state index is 0.261. The highest BCUT2D eigenvalue weighted by molar-refractivity contribution is 9.10. The van der Waals surface area contributed by atoms with Crippen molar-refractivity contribution in [2.45, 2.75) is 6.92 Å². The van der Waals surface area contributed by atoms with E-state index in [1.165, 1.54) is 0 Å². The smallest absolute Gasteiger partial charge is 0.250 e. The number of hydrogen-bond donors (Lipinski definition) is 2. The predicted molar refractivity (Wildman–Crippen MR) is 147 cm³/mol. The number of rotatable bonds is 9. The van der Waals surface area contributed by atoms with Crippen molar-refractivity contribution in [3.8, 4) is 17.2 Å². The van der Waals surface area contributed by atoms with Crippen molar-refractivity contribution in [3.05, 3.63) is 44.9 Å². The molecule has 3 aromatic rings. The molecule has 0 saturated carbocycles. The zero-order valence-corrected chi connectivity index (χ0v) is 23.2. The summed E-state index contributed by atoms with van der Waals surface area (Å²) in [5.74, 6) is 2.64. The Labute approximate surface area is 228 Å². The van der Waals surface area contributed by atoms with E-state index in [0.29, 0.717) is 60.5 Å². The fourth-order valence-electron chi connectivity index (χ4n) is 3.58. The van der Waals surface area contributed by atoms with Crippen molar-refractivity contribution in [1.82, 2.24) is 15.0 Å². The van der Waals surface area contributed by atoms with E-state index >= 15 is 0 Å². The molecule has 0 amide bonds. The molecular formula is C24H27BrClN7O4. The maximum atomic E-state index is 6.33. The van der Waals surface area contributed by atoms with Crippen molar-refractivity contribution in [2.24, 2.45) is 5.10 Å². The van der Waals surface area contributed by atoms with Gasteiger partial charge < -0.3 is 29.2 Å². The lowest BCUT2D eigenvalue weighted by Crippen LogP contribution is -2.37. The Morgan fingerprint density at radius 3 is 2.32 bits per heavy atom. The molecule has 0 unspecified atom stereocenters. The number of anilines is 4. The summed E-state index contributed by atoms with van der Waals surface area (Å²) in [6.07, 6.45) is 1.60. The van der Waals surface area contributed by atoms with Crippen LogP contribution < -0.4 is 29.9 Å². The minimum Gasteiger partial charge on any atom is -0.493 e. The van der Waals surface area contributed by atoms with Gasteiger partial charge in [0.2, 0.25) is 23.6 Å². The van der Waals surface area contributed by atoms with Gasteiger partial charge in [-0.3, -0.25) is 0 Å². The van der Waals surface area contributed by atoms with Crippen molar-refractivity contribution < 1.29 is 18.9 Å². The lowest BCUT2D eigenvalue weighted by atomic mass is 10.2. The van der Waals surface area contributed by atoms with Crippen LogP contribution in [0.2, 0.25) is 5.02 Å². The molecule has 1 aliphatic heterocycles. The first-order valence-electron chi connectivity index (χ1n) is 11.3. The van der Waals surface area contributed by atoms with Gasteiger partial charge in [0.05, 0.1) is 46.4 Å². The van der Waals surface area contributed by atoms with Crippen LogP contribution in [0.1, 0.15) is 11.1 Å². The molecule has 1 aromatic heterocycles. The average molecular weight is 593 g/mol. The van der Waals surface area contributed by atoms with Crippen molar-refractivity contribution >= 4 is 57.3 Å². The van der Waals surface area contributed by atoms with Gasteiger partial charge >= 0.3 is 0 Å². The molecule has 37 heavy (non-hydrogen) atoms. The van der Waals surface area contributed by atoms with Crippen LogP contribution >= 0.6 is 27.5 Å². The summed E-state index contributed by atoms with van der Waals surface area (Å²) in [5.41, 5.74) is 5.29. The molecule has 1 aliphatic rings. The SMILES string of the molecule is COc1cc(/C=N/Nc2nc(Nc3cc(Cl)c(C)cc3Br)nc(N3CCOCC3)n2)cc(OC)c1OC. The molecule has 2 N–H and O–H groups in total. The van der Waals surface area contributed by atoms with E-state index in [1.807, 2.05) is 24.0 Å². The molecule has 1 saturated heterocycles. The zero-order valence-electron chi connectivity index (χ0n) is 20.8. The number of ether oxygens (including phenoxy) is 4. The summed E-state index contributed by atoms with van der Waals surface area (Å²) in [5, 5.41) is 8.16. The number of aromatic nitrogens is 3. The summed E-state index contributed by atoms with van der Waals surface area (Å²) < 4.78 is 22.5. The maximum absolute atomic E-state index is 6.33. The number of methoxy groups -OCH3 is 3. The monoisotopic (exact) mass is 591 g/mol. The van der Waals surface area contributed by atoms with E-state index in [4.69, 9.17) is 30.5 Å². The quantitative estimate of drug-likeness (QED) is 0.269. The molecule has 0 bridgehead atoms. The summed E-state index contributed by atoms with van der Waals surface area (Å²) in [6.45, 7) is 4.45. The van der Waals surface area contributed by atoms with Gasteiger partial charge in [0.25, 0.3) is 0 Å². The van der Waals surface area contributed by atoms with E-state index in [1.54, 1.807) is 39.7 Å². The van der Waals surface area contributed by atoms with E-state index in [2.05, 4.69) is 46.7 Å². The number of hydrazone groups is 1. The van der Waals surface area contributed by atoms with Crippen molar-refractivity contribution in [1.29, 1.82) is 0 Å². The van der Waals surface area contributed by atoms with Gasteiger partial charge in [0.15, 0.2) is 11.5 Å². The molecule has 196 valence electrons. The summed E-state index contributed by atoms with van der Waals surface area (Å²) in [6, 6.07) is 7.31. The molecule has 0 spiro atoms. The highest BCUT2D eigenvalue weighted by Crippen LogP contribution is 2.37. The first-order chi connectivity index (χ1) is 17.9. The van der Waals surface area contributed by atoms with Crippen LogP contribution in [-0.2, 0) is 4.74 Å². The second-order valence-electron chi connectivity index (χ2n) is 7.92. The Bertz CT molecular complexity index is 1260. The Balaban J connectivity index is 1.62. The normalized spacial score (nSPS) is 13.5. The number of hydrogen-bond acceptors (Lipinski definition) is 11. The van der Waals surface area contributed by atoms with Crippen LogP contribution in [0.5, 0.6) is 17.2 Å². The number of morpholine rings is 1. The highest BCUT2D eigenvalue weighted by atomic mass is 79.9. The number of aryl methyl sites for hydroxylation is 1. The van der Waals surface area contributed by atoms with Gasteiger partial charge in [-0.1, -0.05) is 11.6 Å². The van der Waals surface area contributed by atoms with Crippen LogP contribution in [0.4, 0.5) is 23.5 Å². The molecule has 11 nitrogen and oxygen atoms in total. The average Bonchev–Trinajstić information content (AvgIpc) is 2.91. The molecule has 4 rings (SSSR count). The minimum atomic E-state index is 0.261. The summed E-state index contributed by atoms with van der Waals surface area (Å²) in [4.78, 5) is 15.7. The molecule has 1 fully saturated rings. The number of nitrogens with zero attached hydrogens (tertiary/aromatic N) is 5. The number of halogens is 2. The number of nitrogens with one attached hydrogen (secondary N) is 2. The number of benzene rings is 2. The Morgan fingerprint density at radius 1 is 1.00 bits per heavy atom. The first-order valence-corrected chi connectivity index (χ1v) is 12.5. The van der Waals surface area contributed by atoms with E-state index in [9.17, 15) is 0 Å². The van der Waals surface area contributed by atoms with Crippen LogP contribution in [0.15, 0.2) is 33.8 Å². The molecular weight excluding hydrogens is 566 g/mol. The van der Waals surface area contributed by atoms with Crippen LogP contribution in [0.25, 0.3) is 0 Å². The van der Waals surface area contributed by atoms with E-state index in [-0.39, 0.29) is 5.95 Å².